The lowest BCUT2D eigenvalue weighted by atomic mass is 9.79. The van der Waals surface area contributed by atoms with Gasteiger partial charge in [0.1, 0.15) is 0 Å². The molecule has 2 atom stereocenters. The molecule has 1 N–H and O–H groups in total. The third-order valence-corrected chi connectivity index (χ3v) is 5.79. The Balaban J connectivity index is 1.98. The number of ether oxygens (including phenoxy) is 2. The Labute approximate surface area is 192 Å². The van der Waals surface area contributed by atoms with Crippen molar-refractivity contribution in [3.63, 3.8) is 0 Å². The van der Waals surface area contributed by atoms with Gasteiger partial charge in [-0.3, -0.25) is 15.1 Å². The molecule has 0 amide bonds. The van der Waals surface area contributed by atoms with E-state index < -0.39 is 28.3 Å². The van der Waals surface area contributed by atoms with Crippen LogP contribution in [0.25, 0.3) is 0 Å². The second kappa shape index (κ2) is 9.40. The zero-order valence-electron chi connectivity index (χ0n) is 19.3. The van der Waals surface area contributed by atoms with Gasteiger partial charge in [0, 0.05) is 35.2 Å². The standard InChI is InChI=1S/C24H27N3O6/c1-14-10-11-24(4,26-14)12-13-33-23(29)20-16(3)25-15(2)19(22(28)32-5)21(20)17-8-6-7-9-18(17)27(30)31/h6-11,21,25H,12-13H2,1-5H3. The van der Waals surface area contributed by atoms with Crippen molar-refractivity contribution in [1.82, 2.24) is 5.32 Å². The molecule has 0 radical (unpaired) electrons. The van der Waals surface area contributed by atoms with Crippen LogP contribution in [0.3, 0.4) is 0 Å². The quantitative estimate of drug-likeness (QED) is 0.379. The van der Waals surface area contributed by atoms with Crippen LogP contribution in [0, 0.1) is 10.1 Å². The summed E-state index contributed by atoms with van der Waals surface area (Å²) in [6.45, 7) is 7.26. The molecule has 2 unspecified atom stereocenters. The second-order valence-corrected chi connectivity index (χ2v) is 8.27. The van der Waals surface area contributed by atoms with Gasteiger partial charge >= 0.3 is 11.9 Å². The molecule has 174 valence electrons. The number of carbonyl (C=O) groups is 2. The zero-order chi connectivity index (χ0) is 24.3. The van der Waals surface area contributed by atoms with Crippen LogP contribution in [0.1, 0.15) is 45.6 Å². The minimum Gasteiger partial charge on any atom is -0.466 e. The first-order valence-corrected chi connectivity index (χ1v) is 10.5. The highest BCUT2D eigenvalue weighted by atomic mass is 16.6. The van der Waals surface area contributed by atoms with Crippen molar-refractivity contribution >= 4 is 23.3 Å². The topological polar surface area (TPSA) is 120 Å². The fourth-order valence-electron chi connectivity index (χ4n) is 4.20. The van der Waals surface area contributed by atoms with Crippen LogP contribution < -0.4 is 5.32 Å². The van der Waals surface area contributed by atoms with Gasteiger partial charge in [-0.25, -0.2) is 9.59 Å². The van der Waals surface area contributed by atoms with Crippen LogP contribution in [-0.2, 0) is 19.1 Å². The maximum Gasteiger partial charge on any atom is 0.336 e. The van der Waals surface area contributed by atoms with Gasteiger partial charge in [-0.15, -0.1) is 0 Å². The van der Waals surface area contributed by atoms with E-state index >= 15 is 0 Å². The minimum atomic E-state index is -1.02. The first-order valence-electron chi connectivity index (χ1n) is 10.5. The fourth-order valence-corrected chi connectivity index (χ4v) is 4.20. The Morgan fingerprint density at radius 3 is 2.36 bits per heavy atom. The molecule has 0 fully saturated rings. The molecule has 33 heavy (non-hydrogen) atoms. The van der Waals surface area contributed by atoms with E-state index in [0.717, 1.165) is 5.71 Å². The average molecular weight is 453 g/mol. The lowest BCUT2D eigenvalue weighted by Gasteiger charge is -2.30. The van der Waals surface area contributed by atoms with E-state index in [1.54, 1.807) is 19.9 Å². The molecule has 1 aromatic rings. The van der Waals surface area contributed by atoms with Crippen LogP contribution in [0.15, 0.2) is 64.0 Å². The molecule has 0 spiro atoms. The van der Waals surface area contributed by atoms with Gasteiger partial charge in [0.2, 0.25) is 0 Å². The number of dihydropyridines is 1. The molecule has 2 heterocycles. The van der Waals surface area contributed by atoms with E-state index in [-0.39, 0.29) is 29.0 Å². The number of methoxy groups -OCH3 is 1. The third kappa shape index (κ3) is 4.87. The number of para-hydroxylation sites is 1. The van der Waals surface area contributed by atoms with E-state index in [2.05, 4.69) is 10.3 Å². The zero-order valence-corrected chi connectivity index (χ0v) is 19.3. The van der Waals surface area contributed by atoms with Gasteiger partial charge in [0.05, 0.1) is 41.2 Å². The summed E-state index contributed by atoms with van der Waals surface area (Å²) in [5.74, 6) is -2.37. The van der Waals surface area contributed by atoms with Gasteiger partial charge in [-0.05, 0) is 33.8 Å². The lowest BCUT2D eigenvalue weighted by molar-refractivity contribution is -0.385. The number of nitro groups is 1. The number of esters is 2. The number of nitro benzene ring substituents is 1. The SMILES string of the molecule is COC(=O)C1=C(C)NC(C)=C(C(=O)OCCC2(C)C=CC(C)=N2)C1c1ccccc1[N+](=O)[O-]. The Hall–Kier alpha value is -3.75. The van der Waals surface area contributed by atoms with E-state index in [1.807, 2.05) is 26.0 Å². The molecule has 9 nitrogen and oxygen atoms in total. The molecule has 2 aliphatic heterocycles. The number of hydrogen-bond acceptors (Lipinski definition) is 8. The Morgan fingerprint density at radius 2 is 1.79 bits per heavy atom. The molecule has 0 aliphatic carbocycles. The number of nitrogens with one attached hydrogen (secondary N) is 1. The molecule has 0 saturated heterocycles. The van der Waals surface area contributed by atoms with Gasteiger partial charge in [-0.2, -0.15) is 0 Å². The summed E-state index contributed by atoms with van der Waals surface area (Å²) in [5, 5.41) is 14.8. The van der Waals surface area contributed by atoms with E-state index in [4.69, 9.17) is 9.47 Å². The van der Waals surface area contributed by atoms with Crippen LogP contribution in [0.2, 0.25) is 0 Å². The van der Waals surface area contributed by atoms with Crippen molar-refractivity contribution < 1.29 is 24.0 Å². The van der Waals surface area contributed by atoms with Crippen molar-refractivity contribution in [3.05, 3.63) is 74.6 Å². The smallest absolute Gasteiger partial charge is 0.336 e. The number of carbonyl (C=O) groups excluding carboxylic acids is 2. The Morgan fingerprint density at radius 1 is 1.15 bits per heavy atom. The van der Waals surface area contributed by atoms with E-state index in [0.29, 0.717) is 17.8 Å². The lowest BCUT2D eigenvalue weighted by Crippen LogP contribution is -2.33. The van der Waals surface area contributed by atoms with Gasteiger partial charge < -0.3 is 14.8 Å². The summed E-state index contributed by atoms with van der Waals surface area (Å²) >= 11 is 0. The minimum absolute atomic E-state index is 0.0904. The monoisotopic (exact) mass is 453 g/mol. The summed E-state index contributed by atoms with van der Waals surface area (Å²) in [6.07, 6.45) is 4.35. The van der Waals surface area contributed by atoms with E-state index in [1.165, 1.54) is 25.3 Å². The van der Waals surface area contributed by atoms with Crippen molar-refractivity contribution in [2.45, 2.75) is 45.6 Å². The molecule has 3 rings (SSSR count). The van der Waals surface area contributed by atoms with Gasteiger partial charge in [0.25, 0.3) is 5.69 Å². The van der Waals surface area contributed by atoms with Crippen molar-refractivity contribution in [3.8, 4) is 0 Å². The molecular weight excluding hydrogens is 426 g/mol. The third-order valence-electron chi connectivity index (χ3n) is 5.79. The second-order valence-electron chi connectivity index (χ2n) is 8.27. The highest BCUT2D eigenvalue weighted by molar-refractivity contribution is 6.00. The first kappa shape index (κ1) is 23.9. The van der Waals surface area contributed by atoms with E-state index in [9.17, 15) is 19.7 Å². The summed E-state index contributed by atoms with van der Waals surface area (Å²) in [5.41, 5.74) is 1.60. The molecular formula is C24H27N3O6. The number of rotatable bonds is 7. The number of nitrogens with zero attached hydrogens (tertiary/aromatic N) is 2. The number of allylic oxidation sites excluding steroid dienone is 3. The molecule has 9 heteroatoms. The first-order chi connectivity index (χ1) is 15.6. The fraction of sp³-hybridized carbons (Fsp3) is 0.375. The van der Waals surface area contributed by atoms with Crippen molar-refractivity contribution in [2.24, 2.45) is 4.99 Å². The summed E-state index contributed by atoms with van der Waals surface area (Å²) in [7, 11) is 1.22. The molecule has 0 bridgehead atoms. The molecule has 0 saturated carbocycles. The summed E-state index contributed by atoms with van der Waals surface area (Å²) < 4.78 is 10.5. The molecule has 0 aromatic heterocycles. The molecule has 1 aromatic carbocycles. The van der Waals surface area contributed by atoms with Crippen LogP contribution in [-0.4, -0.2) is 41.8 Å². The highest BCUT2D eigenvalue weighted by Gasteiger charge is 2.40. The predicted molar refractivity (Wildman–Crippen MR) is 123 cm³/mol. The van der Waals surface area contributed by atoms with Crippen molar-refractivity contribution in [2.75, 3.05) is 13.7 Å². The number of aliphatic imine (C=N–C) groups is 1. The summed E-state index contributed by atoms with van der Waals surface area (Å²) in [6, 6.07) is 6.03. The summed E-state index contributed by atoms with van der Waals surface area (Å²) in [4.78, 5) is 41.7. The van der Waals surface area contributed by atoms with Crippen LogP contribution in [0.5, 0.6) is 0 Å². The largest absolute Gasteiger partial charge is 0.466 e. The van der Waals surface area contributed by atoms with Crippen LogP contribution in [0.4, 0.5) is 5.69 Å². The number of benzene rings is 1. The Bertz CT molecular complexity index is 1130. The van der Waals surface area contributed by atoms with Crippen LogP contribution >= 0.6 is 0 Å². The average Bonchev–Trinajstić information content (AvgIpc) is 3.10. The maximum atomic E-state index is 13.3. The normalized spacial score (nSPS) is 22.1. The Kier molecular flexibility index (Phi) is 6.81. The van der Waals surface area contributed by atoms with Crippen molar-refractivity contribution in [1.29, 1.82) is 0 Å². The molecule has 2 aliphatic rings. The maximum absolute atomic E-state index is 13.3. The predicted octanol–water partition coefficient (Wildman–Crippen LogP) is 3.73. The van der Waals surface area contributed by atoms with Gasteiger partial charge in [0.15, 0.2) is 0 Å². The number of hydrogen-bond donors (Lipinski definition) is 1. The van der Waals surface area contributed by atoms with Gasteiger partial charge in [-0.1, -0.05) is 24.3 Å². The highest BCUT2D eigenvalue weighted by Crippen LogP contribution is 2.42.